The number of hydrogen-bond acceptors (Lipinski definition) is 4. The van der Waals surface area contributed by atoms with E-state index >= 15 is 0 Å². The van der Waals surface area contributed by atoms with Crippen LogP contribution in [0.1, 0.15) is 31.0 Å². The standard InChI is InChI=1S/C22H25N3O3S/c1-14-8-10-24(11-9-14)20(26)13-25-21(27)19(29-22(25)28)12-17-15(2)23(3)18-7-5-4-6-16(17)18/h4-7,12,14H,8-11,13H2,1-3H3/b19-12-. The molecule has 0 atom stereocenters. The second-order valence-electron chi connectivity index (χ2n) is 7.91. The van der Waals surface area contributed by atoms with Crippen LogP contribution >= 0.6 is 11.8 Å². The third-order valence-electron chi connectivity index (χ3n) is 6.03. The molecule has 2 aliphatic rings. The molecule has 2 saturated heterocycles. The summed E-state index contributed by atoms with van der Waals surface area (Å²) >= 11 is 0.911. The lowest BCUT2D eigenvalue weighted by Crippen LogP contribution is -2.45. The average Bonchev–Trinajstić information content (AvgIpc) is 3.11. The van der Waals surface area contributed by atoms with Gasteiger partial charge >= 0.3 is 0 Å². The number of nitrogens with zero attached hydrogens (tertiary/aromatic N) is 3. The molecule has 0 bridgehead atoms. The predicted octanol–water partition coefficient (Wildman–Crippen LogP) is 3.78. The summed E-state index contributed by atoms with van der Waals surface area (Å²) in [7, 11) is 1.99. The van der Waals surface area contributed by atoms with Gasteiger partial charge in [0.25, 0.3) is 11.1 Å². The van der Waals surface area contributed by atoms with Crippen LogP contribution in [0.5, 0.6) is 0 Å². The summed E-state index contributed by atoms with van der Waals surface area (Å²) < 4.78 is 2.08. The summed E-state index contributed by atoms with van der Waals surface area (Å²) in [6, 6.07) is 7.98. The maximum Gasteiger partial charge on any atom is 0.294 e. The van der Waals surface area contributed by atoms with Gasteiger partial charge in [0, 0.05) is 42.3 Å². The van der Waals surface area contributed by atoms with Crippen LogP contribution in [0.4, 0.5) is 4.79 Å². The van der Waals surface area contributed by atoms with Crippen molar-refractivity contribution < 1.29 is 14.4 Å². The first-order valence-electron chi connectivity index (χ1n) is 9.94. The third-order valence-corrected chi connectivity index (χ3v) is 6.93. The number of likely N-dealkylation sites (tertiary alicyclic amines) is 1. The molecule has 6 nitrogen and oxygen atoms in total. The van der Waals surface area contributed by atoms with Gasteiger partial charge in [-0.2, -0.15) is 0 Å². The Kier molecular flexibility index (Phi) is 5.25. The van der Waals surface area contributed by atoms with Crippen molar-refractivity contribution in [1.29, 1.82) is 0 Å². The normalized spacial score (nSPS) is 19.8. The van der Waals surface area contributed by atoms with Crippen molar-refractivity contribution in [2.75, 3.05) is 19.6 Å². The number of thioether (sulfide) groups is 1. The fourth-order valence-corrected chi connectivity index (χ4v) is 4.81. The molecule has 0 aliphatic carbocycles. The van der Waals surface area contributed by atoms with Crippen molar-refractivity contribution in [3.05, 3.63) is 40.4 Å². The highest BCUT2D eigenvalue weighted by molar-refractivity contribution is 8.18. The third kappa shape index (κ3) is 3.59. The summed E-state index contributed by atoms with van der Waals surface area (Å²) in [5, 5.41) is 0.663. The lowest BCUT2D eigenvalue weighted by atomic mass is 9.99. The van der Waals surface area contributed by atoms with Crippen LogP contribution in [-0.2, 0) is 16.6 Å². The Morgan fingerprint density at radius 2 is 1.90 bits per heavy atom. The Morgan fingerprint density at radius 1 is 1.21 bits per heavy atom. The van der Waals surface area contributed by atoms with Crippen molar-refractivity contribution >= 4 is 45.8 Å². The van der Waals surface area contributed by atoms with Gasteiger partial charge in [0.15, 0.2) is 0 Å². The van der Waals surface area contributed by atoms with Gasteiger partial charge in [0.2, 0.25) is 5.91 Å². The fraction of sp³-hybridized carbons (Fsp3) is 0.409. The van der Waals surface area contributed by atoms with E-state index in [2.05, 4.69) is 11.5 Å². The number of benzene rings is 1. The van der Waals surface area contributed by atoms with Crippen molar-refractivity contribution in [3.63, 3.8) is 0 Å². The lowest BCUT2D eigenvalue weighted by Gasteiger charge is -2.31. The van der Waals surface area contributed by atoms with Crippen LogP contribution in [0.25, 0.3) is 17.0 Å². The van der Waals surface area contributed by atoms with Gasteiger partial charge in [0.1, 0.15) is 6.54 Å². The van der Waals surface area contributed by atoms with Gasteiger partial charge in [-0.25, -0.2) is 0 Å². The molecule has 3 heterocycles. The first-order chi connectivity index (χ1) is 13.9. The van der Waals surface area contributed by atoms with Gasteiger partial charge in [0.05, 0.1) is 4.91 Å². The number of fused-ring (bicyclic) bond motifs is 1. The maximum absolute atomic E-state index is 12.9. The summed E-state index contributed by atoms with van der Waals surface area (Å²) in [6.45, 7) is 5.39. The Hall–Kier alpha value is -2.54. The molecule has 3 amide bonds. The molecule has 0 N–H and O–H groups in total. The highest BCUT2D eigenvalue weighted by Crippen LogP contribution is 2.35. The van der Waals surface area contributed by atoms with E-state index in [0.29, 0.717) is 23.9 Å². The monoisotopic (exact) mass is 411 g/mol. The molecule has 2 fully saturated rings. The minimum absolute atomic E-state index is 0.151. The fourth-order valence-electron chi connectivity index (χ4n) is 3.99. The molecule has 2 aromatic rings. The first-order valence-corrected chi connectivity index (χ1v) is 10.8. The van der Waals surface area contributed by atoms with Crippen molar-refractivity contribution in [1.82, 2.24) is 14.4 Å². The van der Waals surface area contributed by atoms with E-state index in [9.17, 15) is 14.4 Å². The number of rotatable bonds is 3. The molecule has 7 heteroatoms. The molecule has 0 spiro atoms. The molecule has 2 aliphatic heterocycles. The Bertz CT molecular complexity index is 1030. The van der Waals surface area contributed by atoms with Crippen molar-refractivity contribution in [2.45, 2.75) is 26.7 Å². The van der Waals surface area contributed by atoms with Gasteiger partial charge in [-0.3, -0.25) is 19.3 Å². The van der Waals surface area contributed by atoms with Crippen LogP contribution < -0.4 is 0 Å². The Balaban J connectivity index is 1.56. The van der Waals surface area contributed by atoms with E-state index in [-0.39, 0.29) is 23.6 Å². The zero-order valence-electron chi connectivity index (χ0n) is 17.0. The zero-order valence-corrected chi connectivity index (χ0v) is 17.8. The number of carbonyl (C=O) groups excluding carboxylic acids is 3. The number of aryl methyl sites for hydroxylation is 1. The highest BCUT2D eigenvalue weighted by Gasteiger charge is 2.37. The second-order valence-corrected chi connectivity index (χ2v) is 8.90. The number of piperidine rings is 1. The number of para-hydroxylation sites is 1. The van der Waals surface area contributed by atoms with E-state index < -0.39 is 0 Å². The molecule has 1 aromatic carbocycles. The van der Waals surface area contributed by atoms with Crippen LogP contribution in [0, 0.1) is 12.8 Å². The van der Waals surface area contributed by atoms with Gasteiger partial charge in [-0.1, -0.05) is 25.1 Å². The lowest BCUT2D eigenvalue weighted by molar-refractivity contribution is -0.136. The van der Waals surface area contributed by atoms with Crippen LogP contribution in [0.15, 0.2) is 29.2 Å². The number of imide groups is 1. The van der Waals surface area contributed by atoms with Gasteiger partial charge < -0.3 is 9.47 Å². The van der Waals surface area contributed by atoms with E-state index in [0.717, 1.165) is 51.7 Å². The van der Waals surface area contributed by atoms with Gasteiger partial charge in [-0.15, -0.1) is 0 Å². The van der Waals surface area contributed by atoms with Gasteiger partial charge in [-0.05, 0) is 49.6 Å². The molecule has 0 unspecified atom stereocenters. The summed E-state index contributed by atoms with van der Waals surface area (Å²) in [6.07, 6.45) is 3.72. The molecule has 4 rings (SSSR count). The van der Waals surface area contributed by atoms with Crippen LogP contribution in [-0.4, -0.2) is 51.1 Å². The van der Waals surface area contributed by atoms with E-state index in [1.165, 1.54) is 0 Å². The zero-order chi connectivity index (χ0) is 20.7. The molecule has 0 saturated carbocycles. The Labute approximate surface area is 174 Å². The largest absolute Gasteiger partial charge is 0.347 e. The van der Waals surface area contributed by atoms with Crippen LogP contribution in [0.2, 0.25) is 0 Å². The van der Waals surface area contributed by atoms with Crippen molar-refractivity contribution in [3.8, 4) is 0 Å². The van der Waals surface area contributed by atoms with Crippen molar-refractivity contribution in [2.24, 2.45) is 13.0 Å². The molecular formula is C22H25N3O3S. The first kappa shape index (κ1) is 19.8. The number of hydrogen-bond donors (Lipinski definition) is 0. The number of carbonyl (C=O) groups is 3. The van der Waals surface area contributed by atoms with E-state index in [1.807, 2.05) is 38.2 Å². The SMILES string of the molecule is Cc1c(/C=C2\SC(=O)N(CC(=O)N3CCC(C)CC3)C2=O)c2ccccc2n1C. The molecule has 0 radical (unpaired) electrons. The Morgan fingerprint density at radius 3 is 2.62 bits per heavy atom. The molecule has 29 heavy (non-hydrogen) atoms. The minimum atomic E-state index is -0.383. The highest BCUT2D eigenvalue weighted by atomic mass is 32.2. The number of aromatic nitrogens is 1. The topological polar surface area (TPSA) is 62.6 Å². The second kappa shape index (κ2) is 7.71. The molecule has 1 aromatic heterocycles. The smallest absolute Gasteiger partial charge is 0.294 e. The van der Waals surface area contributed by atoms with Crippen LogP contribution in [0.3, 0.4) is 0 Å². The minimum Gasteiger partial charge on any atom is -0.347 e. The number of amides is 3. The summed E-state index contributed by atoms with van der Waals surface area (Å²) in [5.74, 6) is 0.0796. The summed E-state index contributed by atoms with van der Waals surface area (Å²) in [4.78, 5) is 41.2. The van der Waals surface area contributed by atoms with E-state index in [1.54, 1.807) is 11.0 Å². The molecule has 152 valence electrons. The van der Waals surface area contributed by atoms with E-state index in [4.69, 9.17) is 0 Å². The average molecular weight is 412 g/mol. The quantitative estimate of drug-likeness (QED) is 0.721. The maximum atomic E-state index is 12.9. The molecular weight excluding hydrogens is 386 g/mol. The predicted molar refractivity (Wildman–Crippen MR) is 115 cm³/mol. The summed E-state index contributed by atoms with van der Waals surface area (Å²) in [5.41, 5.74) is 3.03.